The molecular formula is C29H29N3O3S. The molecule has 36 heavy (non-hydrogen) atoms. The standard InChI is InChI=1S/C29H29N3O3S/c1-21(33)24-13-14-27(35-2)25(15-24)19-36-20-28(34)30-16-26-18-32(17-22-9-5-3-6-10-22)31-29(26)23-11-7-4-8-12-23/h3-15,18H,16-17,19-20H2,1-2H3,(H,30,34). The van der Waals surface area contributed by atoms with Gasteiger partial charge in [0.1, 0.15) is 5.75 Å². The number of nitrogens with zero attached hydrogens (tertiary/aromatic N) is 2. The zero-order chi connectivity index (χ0) is 25.3. The van der Waals surface area contributed by atoms with Gasteiger partial charge in [-0.25, -0.2) is 0 Å². The van der Waals surface area contributed by atoms with Crippen molar-refractivity contribution in [2.45, 2.75) is 25.8 Å². The van der Waals surface area contributed by atoms with Crippen LogP contribution in [0.5, 0.6) is 5.75 Å². The molecular weight excluding hydrogens is 470 g/mol. The molecule has 4 aromatic rings. The van der Waals surface area contributed by atoms with Crippen LogP contribution in [0.1, 0.15) is 34.0 Å². The summed E-state index contributed by atoms with van der Waals surface area (Å²) >= 11 is 1.48. The zero-order valence-electron chi connectivity index (χ0n) is 20.4. The zero-order valence-corrected chi connectivity index (χ0v) is 21.3. The molecule has 0 fully saturated rings. The molecule has 0 unspecified atom stereocenters. The van der Waals surface area contributed by atoms with Crippen LogP contribution in [0.25, 0.3) is 11.3 Å². The summed E-state index contributed by atoms with van der Waals surface area (Å²) < 4.78 is 7.33. The molecule has 1 N–H and O–H groups in total. The van der Waals surface area contributed by atoms with Crippen LogP contribution in [-0.4, -0.2) is 34.3 Å². The van der Waals surface area contributed by atoms with E-state index in [9.17, 15) is 9.59 Å². The van der Waals surface area contributed by atoms with Gasteiger partial charge in [-0.1, -0.05) is 60.7 Å². The van der Waals surface area contributed by atoms with E-state index in [0.717, 1.165) is 27.9 Å². The molecule has 184 valence electrons. The third-order valence-corrected chi connectivity index (χ3v) is 6.71. The average Bonchev–Trinajstić information content (AvgIpc) is 3.31. The van der Waals surface area contributed by atoms with Crippen LogP contribution >= 0.6 is 11.8 Å². The van der Waals surface area contributed by atoms with Gasteiger partial charge in [0.25, 0.3) is 0 Å². The van der Waals surface area contributed by atoms with E-state index in [-0.39, 0.29) is 11.7 Å². The molecule has 0 radical (unpaired) electrons. The van der Waals surface area contributed by atoms with Gasteiger partial charge in [-0.15, -0.1) is 11.8 Å². The van der Waals surface area contributed by atoms with E-state index in [1.807, 2.05) is 65.5 Å². The second-order valence-electron chi connectivity index (χ2n) is 8.40. The molecule has 3 aromatic carbocycles. The molecule has 0 saturated heterocycles. The van der Waals surface area contributed by atoms with Crippen LogP contribution in [-0.2, 0) is 23.6 Å². The summed E-state index contributed by atoms with van der Waals surface area (Å²) in [6.45, 7) is 2.59. The quantitative estimate of drug-likeness (QED) is 0.281. The molecule has 7 heteroatoms. The first-order chi connectivity index (χ1) is 17.5. The highest BCUT2D eigenvalue weighted by atomic mass is 32.2. The summed E-state index contributed by atoms with van der Waals surface area (Å²) in [6, 6.07) is 25.6. The minimum absolute atomic E-state index is 0.00340. The third-order valence-electron chi connectivity index (χ3n) is 5.73. The lowest BCUT2D eigenvalue weighted by atomic mass is 10.1. The molecule has 0 aliphatic carbocycles. The van der Waals surface area contributed by atoms with E-state index in [4.69, 9.17) is 9.84 Å². The van der Waals surface area contributed by atoms with Crippen LogP contribution in [0, 0.1) is 0 Å². The Morgan fingerprint density at radius 1 is 0.972 bits per heavy atom. The first-order valence-electron chi connectivity index (χ1n) is 11.7. The van der Waals surface area contributed by atoms with Crippen molar-refractivity contribution < 1.29 is 14.3 Å². The van der Waals surface area contributed by atoms with Crippen molar-refractivity contribution in [1.29, 1.82) is 0 Å². The van der Waals surface area contributed by atoms with Gasteiger partial charge in [0.2, 0.25) is 5.91 Å². The van der Waals surface area contributed by atoms with Crippen LogP contribution in [0.3, 0.4) is 0 Å². The maximum Gasteiger partial charge on any atom is 0.230 e. The van der Waals surface area contributed by atoms with Crippen LogP contribution < -0.4 is 10.1 Å². The topological polar surface area (TPSA) is 73.2 Å². The Kier molecular flexibility index (Phi) is 8.57. The summed E-state index contributed by atoms with van der Waals surface area (Å²) in [7, 11) is 1.60. The maximum absolute atomic E-state index is 12.6. The number of aromatic nitrogens is 2. The Morgan fingerprint density at radius 2 is 1.69 bits per heavy atom. The molecule has 0 aliphatic heterocycles. The second kappa shape index (κ2) is 12.2. The van der Waals surface area contributed by atoms with Crippen molar-refractivity contribution in [1.82, 2.24) is 15.1 Å². The van der Waals surface area contributed by atoms with Crippen molar-refractivity contribution in [2.75, 3.05) is 12.9 Å². The number of amides is 1. The summed E-state index contributed by atoms with van der Waals surface area (Å²) in [5.41, 5.74) is 5.54. The van der Waals surface area contributed by atoms with Gasteiger partial charge in [-0.2, -0.15) is 5.10 Å². The number of ketones is 1. The fraction of sp³-hybridized carbons (Fsp3) is 0.207. The monoisotopic (exact) mass is 499 g/mol. The number of hydrogen-bond acceptors (Lipinski definition) is 5. The van der Waals surface area contributed by atoms with Crippen LogP contribution in [0.2, 0.25) is 0 Å². The fourth-order valence-corrected chi connectivity index (χ4v) is 4.73. The predicted molar refractivity (Wildman–Crippen MR) is 144 cm³/mol. The molecule has 1 amide bonds. The smallest absolute Gasteiger partial charge is 0.230 e. The minimum atomic E-state index is -0.0588. The van der Waals surface area contributed by atoms with E-state index in [1.165, 1.54) is 18.7 Å². The third kappa shape index (κ3) is 6.64. The Balaban J connectivity index is 1.39. The number of methoxy groups -OCH3 is 1. The Hall–Kier alpha value is -3.84. The van der Waals surface area contributed by atoms with Gasteiger partial charge in [0.05, 0.1) is 25.1 Å². The van der Waals surface area contributed by atoms with Gasteiger partial charge < -0.3 is 10.1 Å². The molecule has 0 aliphatic rings. The van der Waals surface area contributed by atoms with E-state index >= 15 is 0 Å². The number of nitrogens with one attached hydrogen (secondary N) is 1. The van der Waals surface area contributed by atoms with Crippen molar-refractivity contribution in [3.63, 3.8) is 0 Å². The molecule has 0 bridgehead atoms. The minimum Gasteiger partial charge on any atom is -0.496 e. The van der Waals surface area contributed by atoms with Crippen molar-refractivity contribution in [3.05, 3.63) is 107 Å². The lowest BCUT2D eigenvalue weighted by Gasteiger charge is -2.10. The van der Waals surface area contributed by atoms with E-state index in [0.29, 0.717) is 35.9 Å². The molecule has 1 heterocycles. The molecule has 1 aromatic heterocycles. The molecule has 6 nitrogen and oxygen atoms in total. The molecule has 4 rings (SSSR count). The number of hydrogen-bond donors (Lipinski definition) is 1. The largest absolute Gasteiger partial charge is 0.496 e. The lowest BCUT2D eigenvalue weighted by molar-refractivity contribution is -0.118. The van der Waals surface area contributed by atoms with Gasteiger partial charge >= 0.3 is 0 Å². The van der Waals surface area contributed by atoms with Crippen molar-refractivity contribution in [3.8, 4) is 17.0 Å². The Bertz CT molecular complexity index is 1320. The number of carbonyl (C=O) groups excluding carboxylic acids is 2. The van der Waals surface area contributed by atoms with E-state index in [2.05, 4.69) is 17.4 Å². The van der Waals surface area contributed by atoms with Crippen molar-refractivity contribution >= 4 is 23.5 Å². The number of thioether (sulfide) groups is 1. The number of benzene rings is 3. The van der Waals surface area contributed by atoms with Gasteiger partial charge in [-0.05, 0) is 30.7 Å². The number of carbonyl (C=O) groups is 2. The van der Waals surface area contributed by atoms with E-state index in [1.54, 1.807) is 19.2 Å². The predicted octanol–water partition coefficient (Wildman–Crippen LogP) is 5.36. The maximum atomic E-state index is 12.6. The summed E-state index contributed by atoms with van der Waals surface area (Å²) in [6.07, 6.45) is 2.00. The normalized spacial score (nSPS) is 10.7. The summed E-state index contributed by atoms with van der Waals surface area (Å²) in [5.74, 6) is 1.53. The second-order valence-corrected chi connectivity index (χ2v) is 9.39. The molecule has 0 saturated carbocycles. The average molecular weight is 500 g/mol. The number of ether oxygens (including phenoxy) is 1. The van der Waals surface area contributed by atoms with E-state index < -0.39 is 0 Å². The van der Waals surface area contributed by atoms with Gasteiger partial charge in [0.15, 0.2) is 5.78 Å². The van der Waals surface area contributed by atoms with Crippen molar-refractivity contribution in [2.24, 2.45) is 0 Å². The van der Waals surface area contributed by atoms with Crippen LogP contribution in [0.15, 0.2) is 85.1 Å². The molecule has 0 atom stereocenters. The Morgan fingerprint density at radius 3 is 2.39 bits per heavy atom. The summed E-state index contributed by atoms with van der Waals surface area (Å²) in [5, 5.41) is 7.85. The summed E-state index contributed by atoms with van der Waals surface area (Å²) in [4.78, 5) is 24.4. The van der Waals surface area contributed by atoms with Gasteiger partial charge in [-0.3, -0.25) is 14.3 Å². The lowest BCUT2D eigenvalue weighted by Crippen LogP contribution is -2.24. The molecule has 0 spiro atoms. The van der Waals surface area contributed by atoms with Gasteiger partial charge in [0, 0.05) is 40.7 Å². The fourth-order valence-electron chi connectivity index (χ4n) is 3.89. The first-order valence-corrected chi connectivity index (χ1v) is 12.9. The highest BCUT2D eigenvalue weighted by molar-refractivity contribution is 7.99. The van der Waals surface area contributed by atoms with Crippen LogP contribution in [0.4, 0.5) is 0 Å². The first kappa shape index (κ1) is 25.3. The number of Topliss-reactive ketones (excluding diaryl/α,β-unsaturated/α-hetero) is 1. The highest BCUT2D eigenvalue weighted by Gasteiger charge is 2.14. The SMILES string of the molecule is COc1ccc(C(C)=O)cc1CSCC(=O)NCc1cn(Cc2ccccc2)nc1-c1ccccc1. The highest BCUT2D eigenvalue weighted by Crippen LogP contribution is 2.25. The number of rotatable bonds is 11. The Labute approximate surface area is 215 Å².